The summed E-state index contributed by atoms with van der Waals surface area (Å²) >= 11 is 0. The predicted molar refractivity (Wildman–Crippen MR) is 108 cm³/mol. The second kappa shape index (κ2) is 8.92. The number of ether oxygens (including phenoxy) is 3. The Balaban J connectivity index is 1.73. The molecule has 3 rings (SSSR count). The first-order valence-corrected chi connectivity index (χ1v) is 8.64. The molecule has 2 N–H and O–H groups in total. The number of anilines is 3. The summed E-state index contributed by atoms with van der Waals surface area (Å²) in [5.74, 6) is 1.16. The van der Waals surface area contributed by atoms with Crippen molar-refractivity contribution in [2.24, 2.45) is 0 Å². The molecular weight excluding hydrogens is 377 g/mol. The van der Waals surface area contributed by atoms with E-state index in [1.54, 1.807) is 36.4 Å². The van der Waals surface area contributed by atoms with E-state index in [1.807, 2.05) is 0 Å². The normalized spacial score (nSPS) is 10.2. The molecule has 8 heteroatoms. The van der Waals surface area contributed by atoms with Gasteiger partial charge in [-0.15, -0.1) is 0 Å². The molecule has 0 aliphatic rings. The van der Waals surface area contributed by atoms with Gasteiger partial charge in [0.15, 0.2) is 11.5 Å². The summed E-state index contributed by atoms with van der Waals surface area (Å²) < 4.78 is 28.8. The van der Waals surface area contributed by atoms with Crippen LogP contribution in [-0.2, 0) is 0 Å². The van der Waals surface area contributed by atoms with Gasteiger partial charge in [0.05, 0.1) is 26.9 Å². The van der Waals surface area contributed by atoms with Gasteiger partial charge in [0.25, 0.3) is 5.91 Å². The van der Waals surface area contributed by atoms with Crippen LogP contribution in [0.15, 0.2) is 54.7 Å². The Bertz CT molecular complexity index is 967. The maximum Gasteiger partial charge on any atom is 0.257 e. The second-order valence-corrected chi connectivity index (χ2v) is 5.93. The molecule has 1 amide bonds. The van der Waals surface area contributed by atoms with Gasteiger partial charge in [0.2, 0.25) is 5.75 Å². The summed E-state index contributed by atoms with van der Waals surface area (Å²) in [4.78, 5) is 16.8. The lowest BCUT2D eigenvalue weighted by Gasteiger charge is -2.14. The van der Waals surface area contributed by atoms with Crippen molar-refractivity contribution < 1.29 is 23.4 Å². The van der Waals surface area contributed by atoms with Crippen LogP contribution in [0.1, 0.15) is 10.4 Å². The van der Waals surface area contributed by atoms with Gasteiger partial charge in [-0.2, -0.15) is 0 Å². The summed E-state index contributed by atoms with van der Waals surface area (Å²) in [7, 11) is 4.51. The zero-order valence-electron chi connectivity index (χ0n) is 16.2. The van der Waals surface area contributed by atoms with Crippen LogP contribution in [-0.4, -0.2) is 32.2 Å². The van der Waals surface area contributed by atoms with E-state index in [2.05, 4.69) is 15.6 Å². The quantitative estimate of drug-likeness (QED) is 0.621. The van der Waals surface area contributed by atoms with Crippen LogP contribution in [0.4, 0.5) is 21.6 Å². The number of aromatic nitrogens is 1. The highest BCUT2D eigenvalue weighted by atomic mass is 19.1. The van der Waals surface area contributed by atoms with E-state index in [0.29, 0.717) is 40.0 Å². The molecule has 0 spiro atoms. The van der Waals surface area contributed by atoms with Crippen molar-refractivity contribution in [3.8, 4) is 17.2 Å². The molecule has 0 unspecified atom stereocenters. The number of hydrogen-bond donors (Lipinski definition) is 2. The second-order valence-electron chi connectivity index (χ2n) is 5.93. The molecule has 1 aromatic heterocycles. The lowest BCUT2D eigenvalue weighted by Crippen LogP contribution is -2.12. The van der Waals surface area contributed by atoms with Crippen molar-refractivity contribution in [2.45, 2.75) is 0 Å². The molecule has 1 heterocycles. The smallest absolute Gasteiger partial charge is 0.257 e. The Morgan fingerprint density at radius 2 is 1.55 bits per heavy atom. The molecule has 3 aromatic rings. The number of nitrogens with zero attached hydrogens (tertiary/aromatic N) is 1. The summed E-state index contributed by atoms with van der Waals surface area (Å²) in [6, 6.07) is 12.5. The van der Waals surface area contributed by atoms with Crippen molar-refractivity contribution in [3.05, 3.63) is 66.1 Å². The fraction of sp³-hybridized carbons (Fsp3) is 0.143. The van der Waals surface area contributed by atoms with E-state index in [4.69, 9.17) is 14.2 Å². The van der Waals surface area contributed by atoms with Crippen LogP contribution < -0.4 is 24.8 Å². The van der Waals surface area contributed by atoms with Crippen molar-refractivity contribution in [3.63, 3.8) is 0 Å². The molecule has 0 saturated heterocycles. The fourth-order valence-corrected chi connectivity index (χ4v) is 2.64. The van der Waals surface area contributed by atoms with Crippen molar-refractivity contribution in [2.75, 3.05) is 32.0 Å². The number of carbonyl (C=O) groups excluding carboxylic acids is 1. The van der Waals surface area contributed by atoms with Gasteiger partial charge in [-0.25, -0.2) is 9.37 Å². The van der Waals surface area contributed by atoms with Crippen LogP contribution >= 0.6 is 0 Å². The highest BCUT2D eigenvalue weighted by Gasteiger charge is 2.15. The van der Waals surface area contributed by atoms with E-state index in [0.717, 1.165) is 0 Å². The first-order chi connectivity index (χ1) is 14.0. The average molecular weight is 397 g/mol. The SMILES string of the molecule is COc1cc(NC(=O)c2ccc(Nc3ccc(F)cc3)nc2)cc(OC)c1OC. The van der Waals surface area contributed by atoms with Crippen molar-refractivity contribution in [1.82, 2.24) is 4.98 Å². The standard InChI is InChI=1S/C21H20FN3O4/c1-27-17-10-16(11-18(28-2)20(17)29-3)25-21(26)13-4-9-19(23-12-13)24-15-7-5-14(22)6-8-15/h4-12H,1-3H3,(H,23,24)(H,25,26). The Morgan fingerprint density at radius 1 is 0.897 bits per heavy atom. The number of hydrogen-bond acceptors (Lipinski definition) is 6. The van der Waals surface area contributed by atoms with Crippen LogP contribution in [0.5, 0.6) is 17.2 Å². The minimum absolute atomic E-state index is 0.317. The first kappa shape index (κ1) is 19.9. The van der Waals surface area contributed by atoms with E-state index in [9.17, 15) is 9.18 Å². The number of pyridine rings is 1. The van der Waals surface area contributed by atoms with Gasteiger partial charge in [-0.1, -0.05) is 0 Å². The third-order valence-corrected chi connectivity index (χ3v) is 4.06. The largest absolute Gasteiger partial charge is 0.493 e. The zero-order chi connectivity index (χ0) is 20.8. The maximum absolute atomic E-state index is 13.0. The number of methoxy groups -OCH3 is 3. The van der Waals surface area contributed by atoms with Gasteiger partial charge in [-0.05, 0) is 36.4 Å². The molecular formula is C21H20FN3O4. The fourth-order valence-electron chi connectivity index (χ4n) is 2.64. The summed E-state index contributed by atoms with van der Waals surface area (Å²) in [6.07, 6.45) is 1.44. The molecule has 0 atom stereocenters. The number of benzene rings is 2. The predicted octanol–water partition coefficient (Wildman–Crippen LogP) is 4.24. The molecule has 29 heavy (non-hydrogen) atoms. The van der Waals surface area contributed by atoms with Gasteiger partial charge in [0, 0.05) is 29.7 Å². The summed E-state index contributed by atoms with van der Waals surface area (Å²) in [6.45, 7) is 0. The topological polar surface area (TPSA) is 81.7 Å². The van der Waals surface area contributed by atoms with Crippen molar-refractivity contribution >= 4 is 23.1 Å². The molecule has 0 saturated carbocycles. The Kier molecular flexibility index (Phi) is 6.13. The van der Waals surface area contributed by atoms with E-state index >= 15 is 0 Å². The summed E-state index contributed by atoms with van der Waals surface area (Å²) in [5.41, 5.74) is 1.54. The highest BCUT2D eigenvalue weighted by Crippen LogP contribution is 2.40. The third-order valence-electron chi connectivity index (χ3n) is 4.06. The first-order valence-electron chi connectivity index (χ1n) is 8.64. The highest BCUT2D eigenvalue weighted by molar-refractivity contribution is 6.04. The van der Waals surface area contributed by atoms with E-state index < -0.39 is 0 Å². The number of amides is 1. The maximum atomic E-state index is 13.0. The molecule has 0 aliphatic heterocycles. The van der Waals surface area contributed by atoms with Crippen LogP contribution in [0.2, 0.25) is 0 Å². The minimum atomic E-state index is -0.347. The Hall–Kier alpha value is -3.81. The van der Waals surface area contributed by atoms with Crippen LogP contribution in [0.3, 0.4) is 0 Å². The van der Waals surface area contributed by atoms with Gasteiger partial charge in [-0.3, -0.25) is 4.79 Å². The minimum Gasteiger partial charge on any atom is -0.493 e. The van der Waals surface area contributed by atoms with Gasteiger partial charge >= 0.3 is 0 Å². The molecule has 0 aliphatic carbocycles. The Morgan fingerprint density at radius 3 is 2.07 bits per heavy atom. The number of nitrogens with one attached hydrogen (secondary N) is 2. The molecule has 150 valence electrons. The molecule has 7 nitrogen and oxygen atoms in total. The van der Waals surface area contributed by atoms with Crippen LogP contribution in [0, 0.1) is 5.82 Å². The average Bonchev–Trinajstić information content (AvgIpc) is 2.75. The van der Waals surface area contributed by atoms with Gasteiger partial charge in [0.1, 0.15) is 11.6 Å². The third kappa shape index (κ3) is 4.73. The van der Waals surface area contributed by atoms with Crippen molar-refractivity contribution in [1.29, 1.82) is 0 Å². The van der Waals surface area contributed by atoms with Gasteiger partial charge < -0.3 is 24.8 Å². The molecule has 2 aromatic carbocycles. The molecule has 0 radical (unpaired) electrons. The monoisotopic (exact) mass is 397 g/mol. The van der Waals surface area contributed by atoms with Crippen LogP contribution in [0.25, 0.3) is 0 Å². The Labute approximate surface area is 167 Å². The lowest BCUT2D eigenvalue weighted by molar-refractivity contribution is 0.102. The molecule has 0 bridgehead atoms. The zero-order valence-corrected chi connectivity index (χ0v) is 16.2. The van der Waals surface area contributed by atoms with E-state index in [1.165, 1.54) is 39.7 Å². The van der Waals surface area contributed by atoms with E-state index in [-0.39, 0.29) is 11.7 Å². The number of rotatable bonds is 7. The number of carbonyl (C=O) groups is 1. The molecule has 0 fully saturated rings. The lowest BCUT2D eigenvalue weighted by atomic mass is 10.2. The summed E-state index contributed by atoms with van der Waals surface area (Å²) in [5, 5.41) is 5.81. The number of halogens is 1.